The van der Waals surface area contributed by atoms with Gasteiger partial charge in [-0.2, -0.15) is 0 Å². The molecular formula is C12H24O4. The van der Waals surface area contributed by atoms with E-state index in [1.807, 2.05) is 20.8 Å². The molecule has 1 atom stereocenters. The first-order valence-corrected chi connectivity index (χ1v) is 5.71. The van der Waals surface area contributed by atoms with Crippen molar-refractivity contribution in [2.45, 2.75) is 53.9 Å². The topological polar surface area (TPSA) is 74.6 Å². The van der Waals surface area contributed by atoms with E-state index in [0.717, 1.165) is 6.42 Å². The first-order valence-electron chi connectivity index (χ1n) is 5.71. The van der Waals surface area contributed by atoms with Crippen LogP contribution in [-0.2, 0) is 9.59 Å². The quantitative estimate of drug-likeness (QED) is 0.764. The van der Waals surface area contributed by atoms with Crippen molar-refractivity contribution in [2.75, 3.05) is 0 Å². The van der Waals surface area contributed by atoms with Crippen LogP contribution in [0.25, 0.3) is 0 Å². The summed E-state index contributed by atoms with van der Waals surface area (Å²) in [5.74, 6) is -1.57. The highest BCUT2D eigenvalue weighted by molar-refractivity contribution is 5.73. The van der Waals surface area contributed by atoms with Gasteiger partial charge in [0.25, 0.3) is 0 Å². The third-order valence-electron chi connectivity index (χ3n) is 3.11. The van der Waals surface area contributed by atoms with E-state index in [2.05, 4.69) is 0 Å². The van der Waals surface area contributed by atoms with E-state index in [0.29, 0.717) is 12.8 Å². The van der Waals surface area contributed by atoms with E-state index < -0.39 is 17.4 Å². The Hall–Kier alpha value is -1.06. The van der Waals surface area contributed by atoms with Crippen LogP contribution >= 0.6 is 0 Å². The standard InChI is InChI=1S/C7H14O2.C5H10O2/c1-4-7(3,5-2)6(8)9;1-3-4(2)5(6)7/h4-5H2,1-3H3,(H,8,9);4H,3H2,1-2H3,(H,6,7). The molecule has 4 heteroatoms. The van der Waals surface area contributed by atoms with Crippen molar-refractivity contribution in [3.8, 4) is 0 Å². The maximum absolute atomic E-state index is 10.5. The smallest absolute Gasteiger partial charge is 0.309 e. The van der Waals surface area contributed by atoms with Gasteiger partial charge in [-0.25, -0.2) is 0 Å². The van der Waals surface area contributed by atoms with Gasteiger partial charge in [0.15, 0.2) is 0 Å². The highest BCUT2D eigenvalue weighted by Crippen LogP contribution is 2.24. The van der Waals surface area contributed by atoms with E-state index in [9.17, 15) is 9.59 Å². The third kappa shape index (κ3) is 6.43. The Bertz CT molecular complexity index is 219. The molecule has 0 aromatic rings. The summed E-state index contributed by atoms with van der Waals surface area (Å²) in [5, 5.41) is 16.8. The minimum absolute atomic E-state index is 0.181. The van der Waals surface area contributed by atoms with Crippen molar-refractivity contribution in [2.24, 2.45) is 11.3 Å². The SMILES string of the molecule is CCC(C)(CC)C(=O)O.CCC(C)C(=O)O. The molecule has 0 rings (SSSR count). The maximum atomic E-state index is 10.5. The van der Waals surface area contributed by atoms with Crippen LogP contribution in [0.1, 0.15) is 53.9 Å². The normalized spacial score (nSPS) is 12.3. The number of carboxylic acids is 2. The minimum Gasteiger partial charge on any atom is -0.481 e. The van der Waals surface area contributed by atoms with Crippen LogP contribution in [0.2, 0.25) is 0 Å². The second-order valence-corrected chi connectivity index (χ2v) is 4.22. The lowest BCUT2D eigenvalue weighted by Crippen LogP contribution is -2.25. The Balaban J connectivity index is 0. The van der Waals surface area contributed by atoms with Gasteiger partial charge in [0, 0.05) is 0 Å². The molecule has 0 aliphatic heterocycles. The van der Waals surface area contributed by atoms with Gasteiger partial charge in [0.1, 0.15) is 0 Å². The zero-order chi connectivity index (χ0) is 13.4. The number of hydrogen-bond acceptors (Lipinski definition) is 2. The van der Waals surface area contributed by atoms with Gasteiger partial charge in [-0.15, -0.1) is 0 Å². The van der Waals surface area contributed by atoms with Gasteiger partial charge < -0.3 is 10.2 Å². The molecule has 1 unspecified atom stereocenters. The van der Waals surface area contributed by atoms with E-state index in [-0.39, 0.29) is 5.92 Å². The average molecular weight is 232 g/mol. The Labute approximate surface area is 97.7 Å². The first kappa shape index (κ1) is 17.3. The van der Waals surface area contributed by atoms with Gasteiger partial charge in [-0.1, -0.05) is 27.7 Å². The molecule has 0 aliphatic carbocycles. The molecule has 0 bridgehead atoms. The highest BCUT2D eigenvalue weighted by atomic mass is 16.4. The van der Waals surface area contributed by atoms with Gasteiger partial charge in [0.2, 0.25) is 0 Å². The molecule has 0 fully saturated rings. The van der Waals surface area contributed by atoms with Gasteiger partial charge in [-0.05, 0) is 26.2 Å². The van der Waals surface area contributed by atoms with Crippen LogP contribution in [0.4, 0.5) is 0 Å². The molecule has 0 amide bonds. The summed E-state index contributed by atoms with van der Waals surface area (Å²) in [4.78, 5) is 20.4. The molecule has 96 valence electrons. The summed E-state index contributed by atoms with van der Waals surface area (Å²) in [6, 6.07) is 0. The fraction of sp³-hybridized carbons (Fsp3) is 0.833. The Morgan fingerprint density at radius 3 is 1.50 bits per heavy atom. The van der Waals surface area contributed by atoms with Gasteiger partial charge in [-0.3, -0.25) is 9.59 Å². The number of carboxylic acid groups (broad SMARTS) is 2. The molecule has 4 nitrogen and oxygen atoms in total. The molecule has 0 aliphatic rings. The first-order chi connectivity index (χ1) is 7.25. The number of rotatable bonds is 5. The van der Waals surface area contributed by atoms with Crippen molar-refractivity contribution in [1.29, 1.82) is 0 Å². The predicted molar refractivity (Wildman–Crippen MR) is 63.4 cm³/mol. The highest BCUT2D eigenvalue weighted by Gasteiger charge is 2.28. The number of aliphatic carboxylic acids is 2. The third-order valence-corrected chi connectivity index (χ3v) is 3.11. The molecule has 0 radical (unpaired) electrons. The maximum Gasteiger partial charge on any atom is 0.309 e. The van der Waals surface area contributed by atoms with Crippen molar-refractivity contribution in [1.82, 2.24) is 0 Å². The van der Waals surface area contributed by atoms with Gasteiger partial charge in [0.05, 0.1) is 11.3 Å². The van der Waals surface area contributed by atoms with E-state index in [1.54, 1.807) is 13.8 Å². The average Bonchev–Trinajstić information content (AvgIpc) is 2.27. The number of carbonyl (C=O) groups is 2. The summed E-state index contributed by atoms with van der Waals surface area (Å²) in [6.45, 7) is 9.13. The second kappa shape index (κ2) is 8.13. The summed E-state index contributed by atoms with van der Waals surface area (Å²) in [7, 11) is 0. The molecule has 0 spiro atoms. The molecule has 0 aromatic carbocycles. The van der Waals surface area contributed by atoms with Crippen molar-refractivity contribution >= 4 is 11.9 Å². The number of hydrogen-bond donors (Lipinski definition) is 2. The van der Waals surface area contributed by atoms with E-state index in [4.69, 9.17) is 10.2 Å². The summed E-state index contributed by atoms with van der Waals surface area (Å²) in [5.41, 5.74) is -0.500. The van der Waals surface area contributed by atoms with Crippen molar-refractivity contribution < 1.29 is 19.8 Å². The van der Waals surface area contributed by atoms with Gasteiger partial charge >= 0.3 is 11.9 Å². The fourth-order valence-corrected chi connectivity index (χ4v) is 0.727. The lowest BCUT2D eigenvalue weighted by Gasteiger charge is -2.19. The lowest BCUT2D eigenvalue weighted by atomic mass is 9.85. The van der Waals surface area contributed by atoms with Crippen LogP contribution in [-0.4, -0.2) is 22.2 Å². The Morgan fingerprint density at radius 1 is 1.12 bits per heavy atom. The summed E-state index contributed by atoms with van der Waals surface area (Å²) >= 11 is 0. The zero-order valence-corrected chi connectivity index (χ0v) is 10.9. The van der Waals surface area contributed by atoms with Crippen LogP contribution in [0, 0.1) is 11.3 Å². The van der Waals surface area contributed by atoms with Crippen LogP contribution in [0.5, 0.6) is 0 Å². The van der Waals surface area contributed by atoms with Crippen molar-refractivity contribution in [3.63, 3.8) is 0 Å². The van der Waals surface area contributed by atoms with Crippen LogP contribution in [0.3, 0.4) is 0 Å². The second-order valence-electron chi connectivity index (χ2n) is 4.22. The van der Waals surface area contributed by atoms with Crippen molar-refractivity contribution in [3.05, 3.63) is 0 Å². The largest absolute Gasteiger partial charge is 0.481 e. The minimum atomic E-state index is -0.706. The van der Waals surface area contributed by atoms with E-state index in [1.165, 1.54) is 0 Å². The summed E-state index contributed by atoms with van der Waals surface area (Å²) in [6.07, 6.45) is 2.13. The van der Waals surface area contributed by atoms with E-state index >= 15 is 0 Å². The lowest BCUT2D eigenvalue weighted by molar-refractivity contribution is -0.148. The molecule has 0 saturated carbocycles. The van der Waals surface area contributed by atoms with Crippen LogP contribution in [0.15, 0.2) is 0 Å². The summed E-state index contributed by atoms with van der Waals surface area (Å²) < 4.78 is 0. The molecular weight excluding hydrogens is 208 g/mol. The molecule has 0 saturated heterocycles. The fourth-order valence-electron chi connectivity index (χ4n) is 0.727. The molecule has 0 heterocycles. The molecule has 16 heavy (non-hydrogen) atoms. The zero-order valence-electron chi connectivity index (χ0n) is 10.9. The Morgan fingerprint density at radius 2 is 1.50 bits per heavy atom. The molecule has 2 N–H and O–H groups in total. The predicted octanol–water partition coefficient (Wildman–Crippen LogP) is 3.01. The monoisotopic (exact) mass is 232 g/mol. The Kier molecular flexibility index (Phi) is 8.81. The van der Waals surface area contributed by atoms with Crippen LogP contribution < -0.4 is 0 Å². The molecule has 0 aromatic heterocycles.